The number of nitrogens with zero attached hydrogens (tertiary/aromatic N) is 1. The van der Waals surface area contributed by atoms with Gasteiger partial charge in [0.25, 0.3) is 0 Å². The molecule has 3 aliphatic carbocycles. The predicted molar refractivity (Wildman–Crippen MR) is 94.6 cm³/mol. The lowest BCUT2D eigenvalue weighted by molar-refractivity contribution is -0.159. The first kappa shape index (κ1) is 15.2. The minimum absolute atomic E-state index is 0.0171. The molecule has 4 atom stereocenters. The molecule has 6 rings (SSSR count). The van der Waals surface area contributed by atoms with Crippen LogP contribution in [0.4, 0.5) is 0 Å². The van der Waals surface area contributed by atoms with E-state index in [1.165, 1.54) is 12.8 Å². The van der Waals surface area contributed by atoms with Gasteiger partial charge in [0, 0.05) is 24.2 Å². The Kier molecular flexibility index (Phi) is 2.65. The lowest BCUT2D eigenvalue weighted by Gasteiger charge is -2.62. The number of phenols is 1. The first-order valence-electron chi connectivity index (χ1n) is 9.69. The molecule has 0 aromatic heterocycles. The van der Waals surface area contributed by atoms with Crippen molar-refractivity contribution >= 4 is 5.78 Å². The number of hydrogen-bond acceptors (Lipinski definition) is 5. The molecule has 3 fully saturated rings. The van der Waals surface area contributed by atoms with Crippen LogP contribution in [-0.2, 0) is 5.41 Å². The second-order valence-electron chi connectivity index (χ2n) is 8.84. The van der Waals surface area contributed by atoms with Gasteiger partial charge in [-0.3, -0.25) is 9.69 Å². The fourth-order valence-corrected chi connectivity index (χ4v) is 6.23. The molecule has 2 aliphatic heterocycles. The van der Waals surface area contributed by atoms with E-state index in [0.29, 0.717) is 30.1 Å². The standard InChI is InChI=1S/C21H23NO4/c1-11-6-7-21(25)18-16(24)13-4-5-14(23)17-15(13)20(21,19(11)26-17)8-9-22(18)10-12-2-3-12/h4-5,12,18-19,23,25H,1-3,6-10H2/t18-,19+,20+,21-/m1/s1. The highest BCUT2D eigenvalue weighted by Crippen LogP contribution is 2.66. The van der Waals surface area contributed by atoms with Gasteiger partial charge in [-0.2, -0.15) is 0 Å². The molecule has 2 heterocycles. The van der Waals surface area contributed by atoms with E-state index in [9.17, 15) is 15.0 Å². The molecular formula is C21H23NO4. The van der Waals surface area contributed by atoms with Crippen LogP contribution in [0.5, 0.6) is 11.5 Å². The van der Waals surface area contributed by atoms with Crippen LogP contribution in [0, 0.1) is 5.92 Å². The van der Waals surface area contributed by atoms with Crippen LogP contribution < -0.4 is 4.74 Å². The average molecular weight is 353 g/mol. The van der Waals surface area contributed by atoms with Gasteiger partial charge in [-0.25, -0.2) is 0 Å². The van der Waals surface area contributed by atoms with Crippen molar-refractivity contribution in [2.45, 2.75) is 55.3 Å². The molecule has 1 spiro atoms. The van der Waals surface area contributed by atoms with Crippen LogP contribution in [0.1, 0.15) is 48.0 Å². The van der Waals surface area contributed by atoms with E-state index in [4.69, 9.17) is 4.74 Å². The van der Waals surface area contributed by atoms with Gasteiger partial charge in [0.2, 0.25) is 0 Å². The molecule has 5 nitrogen and oxygen atoms in total. The number of piperidine rings is 1. The fraction of sp³-hybridized carbons (Fsp3) is 0.571. The van der Waals surface area contributed by atoms with Gasteiger partial charge in [-0.05, 0) is 55.7 Å². The number of ether oxygens (including phenoxy) is 1. The Morgan fingerprint density at radius 1 is 1.31 bits per heavy atom. The third kappa shape index (κ3) is 1.50. The van der Waals surface area contributed by atoms with E-state index in [2.05, 4.69) is 11.5 Å². The first-order chi connectivity index (χ1) is 12.5. The van der Waals surface area contributed by atoms with Gasteiger partial charge >= 0.3 is 0 Å². The molecule has 2 N–H and O–H groups in total. The molecule has 1 aromatic rings. The zero-order valence-corrected chi connectivity index (χ0v) is 14.7. The summed E-state index contributed by atoms with van der Waals surface area (Å²) in [5.74, 6) is 1.08. The van der Waals surface area contributed by atoms with Gasteiger partial charge in [0.1, 0.15) is 17.7 Å². The SMILES string of the molecule is C=C1CC[C@@]2(O)[C@H]3C(=O)c4ccc(O)c5c4[C@@]2(CCN3CC2CC2)[C@H]1O5. The summed E-state index contributed by atoms with van der Waals surface area (Å²) in [5.41, 5.74) is 0.489. The third-order valence-corrected chi connectivity index (χ3v) is 7.55. The van der Waals surface area contributed by atoms with Crippen molar-refractivity contribution in [1.82, 2.24) is 4.90 Å². The van der Waals surface area contributed by atoms with Crippen LogP contribution in [0.3, 0.4) is 0 Å². The number of benzene rings is 1. The van der Waals surface area contributed by atoms with E-state index >= 15 is 0 Å². The predicted octanol–water partition coefficient (Wildman–Crippen LogP) is 2.15. The highest BCUT2D eigenvalue weighted by molar-refractivity contribution is 6.06. The number of aromatic hydroxyl groups is 1. The van der Waals surface area contributed by atoms with E-state index in [1.54, 1.807) is 12.1 Å². The number of Topliss-reactive ketones (excluding diaryl/α,β-unsaturated/α-hetero) is 1. The number of aliphatic hydroxyl groups is 1. The van der Waals surface area contributed by atoms with E-state index in [-0.39, 0.29) is 17.6 Å². The van der Waals surface area contributed by atoms with Crippen LogP contribution in [0.15, 0.2) is 24.3 Å². The maximum Gasteiger partial charge on any atom is 0.183 e. The molecule has 136 valence electrons. The van der Waals surface area contributed by atoms with E-state index in [1.807, 2.05) is 0 Å². The maximum atomic E-state index is 13.5. The summed E-state index contributed by atoms with van der Waals surface area (Å²) in [5, 5.41) is 22.4. The number of carbonyl (C=O) groups is 1. The highest BCUT2D eigenvalue weighted by Gasteiger charge is 2.74. The third-order valence-electron chi connectivity index (χ3n) is 7.55. The lowest BCUT2D eigenvalue weighted by Crippen LogP contribution is -2.77. The summed E-state index contributed by atoms with van der Waals surface area (Å²) in [6, 6.07) is 2.75. The quantitative estimate of drug-likeness (QED) is 0.798. The Bertz CT molecular complexity index is 875. The number of carbonyl (C=O) groups excluding carboxylic acids is 1. The smallest absolute Gasteiger partial charge is 0.183 e. The zero-order chi connectivity index (χ0) is 17.8. The molecule has 1 saturated heterocycles. The Labute approximate surface area is 152 Å². The van der Waals surface area contributed by atoms with Crippen LogP contribution in [0.2, 0.25) is 0 Å². The monoisotopic (exact) mass is 353 g/mol. The van der Waals surface area contributed by atoms with Crippen LogP contribution in [0.25, 0.3) is 0 Å². The fourth-order valence-electron chi connectivity index (χ4n) is 6.23. The second-order valence-corrected chi connectivity index (χ2v) is 8.84. The largest absolute Gasteiger partial charge is 0.504 e. The molecule has 5 aliphatic rings. The van der Waals surface area contributed by atoms with Crippen molar-refractivity contribution in [3.05, 3.63) is 35.4 Å². The highest BCUT2D eigenvalue weighted by atomic mass is 16.5. The number of rotatable bonds is 2. The summed E-state index contributed by atoms with van der Waals surface area (Å²) >= 11 is 0. The van der Waals surface area contributed by atoms with Crippen molar-refractivity contribution in [3.8, 4) is 11.5 Å². The van der Waals surface area contributed by atoms with Crippen LogP contribution >= 0.6 is 0 Å². The van der Waals surface area contributed by atoms with Gasteiger partial charge in [0.15, 0.2) is 17.3 Å². The first-order valence-corrected chi connectivity index (χ1v) is 9.69. The Hall–Kier alpha value is -1.85. The minimum atomic E-state index is -1.16. The summed E-state index contributed by atoms with van der Waals surface area (Å²) < 4.78 is 6.18. The number of phenolic OH excluding ortho intramolecular Hbond substituents is 1. The van der Waals surface area contributed by atoms with Gasteiger partial charge in [0.05, 0.1) is 5.41 Å². The van der Waals surface area contributed by atoms with Crippen molar-refractivity contribution in [2.75, 3.05) is 13.1 Å². The number of hydrogen-bond donors (Lipinski definition) is 2. The summed E-state index contributed by atoms with van der Waals surface area (Å²) in [7, 11) is 0. The van der Waals surface area contributed by atoms with E-state index < -0.39 is 17.1 Å². The number of likely N-dealkylation sites (tertiary alicyclic amines) is 1. The van der Waals surface area contributed by atoms with Crippen molar-refractivity contribution in [2.24, 2.45) is 5.92 Å². The molecule has 2 saturated carbocycles. The average Bonchev–Trinajstić information content (AvgIpc) is 3.35. The minimum Gasteiger partial charge on any atom is -0.504 e. The van der Waals surface area contributed by atoms with Crippen molar-refractivity contribution < 1.29 is 19.7 Å². The van der Waals surface area contributed by atoms with Gasteiger partial charge in [-0.1, -0.05) is 6.58 Å². The molecule has 2 bridgehead atoms. The normalized spacial score (nSPS) is 40.3. The Balaban J connectivity index is 1.63. The van der Waals surface area contributed by atoms with Crippen molar-refractivity contribution in [3.63, 3.8) is 0 Å². The number of ketones is 1. The van der Waals surface area contributed by atoms with Gasteiger partial charge < -0.3 is 14.9 Å². The van der Waals surface area contributed by atoms with Gasteiger partial charge in [-0.15, -0.1) is 0 Å². The molecule has 5 heteroatoms. The topological polar surface area (TPSA) is 70.0 Å². The lowest BCUT2D eigenvalue weighted by atomic mass is 9.48. The summed E-state index contributed by atoms with van der Waals surface area (Å²) in [6.07, 6.45) is 3.98. The molecule has 1 aromatic carbocycles. The summed E-state index contributed by atoms with van der Waals surface area (Å²) in [4.78, 5) is 15.7. The Morgan fingerprint density at radius 2 is 2.12 bits per heavy atom. The molecule has 26 heavy (non-hydrogen) atoms. The summed E-state index contributed by atoms with van der Waals surface area (Å²) in [6.45, 7) is 5.88. The van der Waals surface area contributed by atoms with Crippen molar-refractivity contribution in [1.29, 1.82) is 0 Å². The second kappa shape index (κ2) is 4.52. The zero-order valence-electron chi connectivity index (χ0n) is 14.7. The van der Waals surface area contributed by atoms with E-state index in [0.717, 1.165) is 30.6 Å². The van der Waals surface area contributed by atoms with Crippen LogP contribution in [-0.4, -0.2) is 51.7 Å². The Morgan fingerprint density at radius 3 is 2.88 bits per heavy atom. The molecular weight excluding hydrogens is 330 g/mol. The molecule has 0 amide bonds. The molecule has 0 unspecified atom stereocenters. The maximum absolute atomic E-state index is 13.5. The molecule has 0 radical (unpaired) electrons.